The summed E-state index contributed by atoms with van der Waals surface area (Å²) in [5.41, 5.74) is -0.0576. The fraction of sp³-hybridized carbons (Fsp3) is 0.500. The molecule has 1 saturated heterocycles. The van der Waals surface area contributed by atoms with Gasteiger partial charge in [-0.3, -0.25) is 4.79 Å². The fourth-order valence-corrected chi connectivity index (χ4v) is 3.88. The molecule has 1 aliphatic rings. The summed E-state index contributed by atoms with van der Waals surface area (Å²) < 4.78 is 26.0. The molecule has 0 unspecified atom stereocenters. The average molecular weight is 297 g/mol. The van der Waals surface area contributed by atoms with Crippen LogP contribution in [0.5, 0.6) is 0 Å². The summed E-state index contributed by atoms with van der Waals surface area (Å²) in [7, 11) is -3.37. The molecule has 1 aliphatic heterocycles. The van der Waals surface area contributed by atoms with Crippen LogP contribution in [-0.4, -0.2) is 36.9 Å². The number of nitrogens with zero attached hydrogens (tertiary/aromatic N) is 1. The summed E-state index contributed by atoms with van der Waals surface area (Å²) >= 11 is 0. The highest BCUT2D eigenvalue weighted by atomic mass is 32.2. The van der Waals surface area contributed by atoms with Gasteiger partial charge in [-0.15, -0.1) is 0 Å². The molecule has 0 aromatic heterocycles. The van der Waals surface area contributed by atoms with Gasteiger partial charge in [0.1, 0.15) is 0 Å². The Morgan fingerprint density at radius 3 is 2.30 bits per heavy atom. The number of rotatable bonds is 4. The molecule has 0 aliphatic carbocycles. The molecule has 110 valence electrons. The second-order valence-corrected chi connectivity index (χ2v) is 7.48. The second-order valence-electron chi connectivity index (χ2n) is 5.51. The van der Waals surface area contributed by atoms with Crippen molar-refractivity contribution < 1.29 is 18.3 Å². The number of hydrogen-bond acceptors (Lipinski definition) is 3. The molecule has 0 bridgehead atoms. The number of aliphatic carboxylic acids is 1. The molecule has 5 nitrogen and oxygen atoms in total. The van der Waals surface area contributed by atoms with Crippen LogP contribution in [0, 0.1) is 5.41 Å². The van der Waals surface area contributed by atoms with Crippen LogP contribution in [0.4, 0.5) is 0 Å². The highest BCUT2D eigenvalue weighted by molar-refractivity contribution is 7.88. The maximum Gasteiger partial charge on any atom is 0.309 e. The van der Waals surface area contributed by atoms with Crippen molar-refractivity contribution in [3.63, 3.8) is 0 Å². The second kappa shape index (κ2) is 5.54. The van der Waals surface area contributed by atoms with Crippen molar-refractivity contribution in [1.29, 1.82) is 0 Å². The number of carbonyl (C=O) groups is 1. The Labute approximate surface area is 119 Å². The van der Waals surface area contributed by atoms with E-state index in [4.69, 9.17) is 5.11 Å². The number of carboxylic acids is 1. The summed E-state index contributed by atoms with van der Waals surface area (Å²) in [5.74, 6) is -0.880. The minimum absolute atomic E-state index is 0.0301. The van der Waals surface area contributed by atoms with E-state index < -0.39 is 21.4 Å². The number of hydrogen-bond donors (Lipinski definition) is 1. The molecule has 1 heterocycles. The zero-order chi connectivity index (χ0) is 14.8. The summed E-state index contributed by atoms with van der Waals surface area (Å²) in [4.78, 5) is 11.2. The number of sulfonamides is 1. The Balaban J connectivity index is 2.04. The SMILES string of the molecule is CC1(C(=O)O)CCN(S(=O)(=O)Cc2ccccc2)CC1. The number of carboxylic acid groups (broad SMARTS) is 1. The van der Waals surface area contributed by atoms with Gasteiger partial charge in [-0.05, 0) is 25.3 Å². The Morgan fingerprint density at radius 2 is 1.80 bits per heavy atom. The first kappa shape index (κ1) is 15.0. The first-order valence-electron chi connectivity index (χ1n) is 6.59. The lowest BCUT2D eigenvalue weighted by Gasteiger charge is -2.35. The van der Waals surface area contributed by atoms with E-state index >= 15 is 0 Å². The van der Waals surface area contributed by atoms with Crippen LogP contribution < -0.4 is 0 Å². The molecular formula is C14H19NO4S. The Kier molecular flexibility index (Phi) is 4.15. The first-order chi connectivity index (χ1) is 9.33. The van der Waals surface area contributed by atoms with Crippen molar-refractivity contribution in [2.45, 2.75) is 25.5 Å². The molecule has 0 spiro atoms. The third kappa shape index (κ3) is 3.19. The first-order valence-corrected chi connectivity index (χ1v) is 8.20. The van der Waals surface area contributed by atoms with Crippen molar-refractivity contribution >= 4 is 16.0 Å². The monoisotopic (exact) mass is 297 g/mol. The van der Waals surface area contributed by atoms with Crippen LogP contribution in [0.15, 0.2) is 30.3 Å². The van der Waals surface area contributed by atoms with Crippen LogP contribution in [0.25, 0.3) is 0 Å². The van der Waals surface area contributed by atoms with E-state index in [0.717, 1.165) is 5.56 Å². The quantitative estimate of drug-likeness (QED) is 0.918. The summed E-state index contributed by atoms with van der Waals surface area (Å²) in [6.07, 6.45) is 0.715. The van der Waals surface area contributed by atoms with Crippen molar-refractivity contribution in [1.82, 2.24) is 4.31 Å². The summed E-state index contributed by atoms with van der Waals surface area (Å²) in [6.45, 7) is 2.23. The molecule has 0 saturated carbocycles. The van der Waals surface area contributed by atoms with Gasteiger partial charge in [-0.25, -0.2) is 12.7 Å². The highest BCUT2D eigenvalue weighted by Gasteiger charge is 2.39. The predicted octanol–water partition coefficient (Wildman–Crippen LogP) is 1.70. The van der Waals surface area contributed by atoms with Gasteiger partial charge in [0.25, 0.3) is 0 Å². The van der Waals surface area contributed by atoms with E-state index in [2.05, 4.69) is 0 Å². The van der Waals surface area contributed by atoms with Gasteiger partial charge < -0.3 is 5.11 Å². The van der Waals surface area contributed by atoms with Crippen molar-refractivity contribution in [3.05, 3.63) is 35.9 Å². The van der Waals surface area contributed by atoms with Gasteiger partial charge in [-0.2, -0.15) is 0 Å². The van der Waals surface area contributed by atoms with Crippen molar-refractivity contribution in [3.8, 4) is 0 Å². The summed E-state index contributed by atoms with van der Waals surface area (Å²) in [5, 5.41) is 9.15. The molecule has 0 amide bonds. The lowest BCUT2D eigenvalue weighted by molar-refractivity contribution is -0.150. The average Bonchev–Trinajstić information content (AvgIpc) is 2.39. The molecule has 2 rings (SSSR count). The number of piperidine rings is 1. The van der Waals surface area contributed by atoms with E-state index in [9.17, 15) is 13.2 Å². The van der Waals surface area contributed by atoms with E-state index in [0.29, 0.717) is 12.8 Å². The topological polar surface area (TPSA) is 74.7 Å². The van der Waals surface area contributed by atoms with Gasteiger partial charge in [0.2, 0.25) is 10.0 Å². The Hall–Kier alpha value is -1.40. The van der Waals surface area contributed by atoms with Gasteiger partial charge in [0.15, 0.2) is 0 Å². The van der Waals surface area contributed by atoms with E-state index in [1.165, 1.54) is 4.31 Å². The van der Waals surface area contributed by atoms with Gasteiger partial charge in [-0.1, -0.05) is 30.3 Å². The van der Waals surface area contributed by atoms with Crippen LogP contribution in [-0.2, 0) is 20.6 Å². The maximum atomic E-state index is 12.3. The molecule has 0 radical (unpaired) electrons. The number of benzene rings is 1. The minimum Gasteiger partial charge on any atom is -0.481 e. The molecule has 0 atom stereocenters. The highest BCUT2D eigenvalue weighted by Crippen LogP contribution is 2.32. The zero-order valence-corrected chi connectivity index (χ0v) is 12.3. The van der Waals surface area contributed by atoms with Gasteiger partial charge >= 0.3 is 5.97 Å². The van der Waals surface area contributed by atoms with Crippen LogP contribution in [0.2, 0.25) is 0 Å². The van der Waals surface area contributed by atoms with Crippen LogP contribution in [0.3, 0.4) is 0 Å². The predicted molar refractivity (Wildman–Crippen MR) is 75.6 cm³/mol. The Morgan fingerprint density at radius 1 is 1.25 bits per heavy atom. The van der Waals surface area contributed by atoms with E-state index in [1.807, 2.05) is 18.2 Å². The third-order valence-electron chi connectivity index (χ3n) is 3.93. The van der Waals surface area contributed by atoms with Crippen LogP contribution >= 0.6 is 0 Å². The van der Waals surface area contributed by atoms with E-state index in [1.54, 1.807) is 19.1 Å². The summed E-state index contributed by atoms with van der Waals surface area (Å²) in [6, 6.07) is 9.02. The molecular weight excluding hydrogens is 278 g/mol. The lowest BCUT2D eigenvalue weighted by Crippen LogP contribution is -2.45. The van der Waals surface area contributed by atoms with E-state index in [-0.39, 0.29) is 18.8 Å². The molecule has 20 heavy (non-hydrogen) atoms. The molecule has 1 aromatic carbocycles. The largest absolute Gasteiger partial charge is 0.481 e. The zero-order valence-electron chi connectivity index (χ0n) is 11.4. The molecule has 1 N–H and O–H groups in total. The standard InChI is InChI=1S/C14H19NO4S/c1-14(13(16)17)7-9-15(10-8-14)20(18,19)11-12-5-3-2-4-6-12/h2-6H,7-11H2,1H3,(H,16,17). The van der Waals surface area contributed by atoms with Gasteiger partial charge in [0.05, 0.1) is 11.2 Å². The lowest BCUT2D eigenvalue weighted by atomic mass is 9.81. The molecule has 1 aromatic rings. The van der Waals surface area contributed by atoms with Crippen molar-refractivity contribution in [2.75, 3.05) is 13.1 Å². The van der Waals surface area contributed by atoms with Gasteiger partial charge in [0, 0.05) is 13.1 Å². The molecule has 1 fully saturated rings. The Bertz CT molecular complexity index is 574. The third-order valence-corrected chi connectivity index (χ3v) is 5.78. The molecule has 6 heteroatoms. The fourth-order valence-electron chi connectivity index (χ4n) is 2.35. The minimum atomic E-state index is -3.37. The van der Waals surface area contributed by atoms with Crippen molar-refractivity contribution in [2.24, 2.45) is 5.41 Å². The smallest absolute Gasteiger partial charge is 0.309 e. The maximum absolute atomic E-state index is 12.3. The van der Waals surface area contributed by atoms with Crippen LogP contribution in [0.1, 0.15) is 25.3 Å². The normalized spacial score (nSPS) is 19.6.